The lowest BCUT2D eigenvalue weighted by Crippen LogP contribution is -2.26. The molecule has 1 saturated carbocycles. The van der Waals surface area contributed by atoms with Gasteiger partial charge in [-0.15, -0.1) is 0 Å². The normalized spacial score (nSPS) is 26.9. The number of hydrogen-bond acceptors (Lipinski definition) is 0. The quantitative estimate of drug-likeness (QED) is 0.419. The maximum absolute atomic E-state index is 14.2. The fraction of sp³-hybridized carbons (Fsp3) is 0.294. The van der Waals surface area contributed by atoms with Crippen LogP contribution in [0.15, 0.2) is 36.4 Å². The van der Waals surface area contributed by atoms with E-state index >= 15 is 0 Å². The molecule has 102 valence electrons. The molecule has 0 spiro atoms. The standard InChI is InChI=1S/C17H13F2I/c18-14-6-5-13-15(16(14)19)10-7-9(8-10)11-3-1-2-4-12(11)17(13)20/h1-6,9-10,17H,7-8H2. The first kappa shape index (κ1) is 12.7. The summed E-state index contributed by atoms with van der Waals surface area (Å²) in [6.07, 6.45) is 1.88. The molecule has 2 aromatic rings. The average molecular weight is 382 g/mol. The molecule has 20 heavy (non-hydrogen) atoms. The van der Waals surface area contributed by atoms with Gasteiger partial charge in [-0.3, -0.25) is 0 Å². The molecule has 0 nitrogen and oxygen atoms in total. The molecule has 3 heteroatoms. The van der Waals surface area contributed by atoms with Crippen molar-refractivity contribution in [3.8, 4) is 0 Å². The van der Waals surface area contributed by atoms with E-state index in [0.717, 1.165) is 18.4 Å². The van der Waals surface area contributed by atoms with E-state index in [0.29, 0.717) is 11.5 Å². The monoisotopic (exact) mass is 382 g/mol. The van der Waals surface area contributed by atoms with Crippen molar-refractivity contribution in [3.05, 3.63) is 70.3 Å². The predicted octanol–water partition coefficient (Wildman–Crippen LogP) is 5.46. The summed E-state index contributed by atoms with van der Waals surface area (Å²) in [4.78, 5) is 0. The first-order chi connectivity index (χ1) is 9.66. The van der Waals surface area contributed by atoms with E-state index in [1.54, 1.807) is 6.07 Å². The van der Waals surface area contributed by atoms with Crippen molar-refractivity contribution < 1.29 is 8.78 Å². The predicted molar refractivity (Wildman–Crippen MR) is 83.4 cm³/mol. The number of benzene rings is 2. The van der Waals surface area contributed by atoms with E-state index in [9.17, 15) is 8.78 Å². The van der Waals surface area contributed by atoms with Gasteiger partial charge in [-0.05, 0) is 53.0 Å². The highest BCUT2D eigenvalue weighted by Gasteiger charge is 2.40. The zero-order chi connectivity index (χ0) is 13.9. The third-order valence-corrected chi connectivity index (χ3v) is 6.04. The molecule has 3 aliphatic rings. The van der Waals surface area contributed by atoms with Crippen molar-refractivity contribution in [2.24, 2.45) is 0 Å². The second-order valence-electron chi connectivity index (χ2n) is 5.72. The lowest BCUT2D eigenvalue weighted by atomic mass is 9.64. The molecule has 1 unspecified atom stereocenters. The van der Waals surface area contributed by atoms with Gasteiger partial charge in [0.15, 0.2) is 11.6 Å². The summed E-state index contributed by atoms with van der Waals surface area (Å²) >= 11 is 2.35. The van der Waals surface area contributed by atoms with Crippen molar-refractivity contribution in [1.82, 2.24) is 0 Å². The molecule has 0 radical (unpaired) electrons. The fourth-order valence-electron chi connectivity index (χ4n) is 3.61. The second-order valence-corrected chi connectivity index (χ2v) is 6.97. The van der Waals surface area contributed by atoms with Gasteiger partial charge >= 0.3 is 0 Å². The Morgan fingerprint density at radius 1 is 0.850 bits per heavy atom. The largest absolute Gasteiger partial charge is 0.204 e. The van der Waals surface area contributed by atoms with Crippen molar-refractivity contribution in [2.75, 3.05) is 0 Å². The minimum absolute atomic E-state index is 0.0968. The van der Waals surface area contributed by atoms with Crippen LogP contribution in [0.4, 0.5) is 8.78 Å². The Balaban J connectivity index is 1.98. The summed E-state index contributed by atoms with van der Waals surface area (Å²) in [7, 11) is 0. The van der Waals surface area contributed by atoms with Crippen LogP contribution in [-0.4, -0.2) is 0 Å². The van der Waals surface area contributed by atoms with Crippen LogP contribution in [0.3, 0.4) is 0 Å². The van der Waals surface area contributed by atoms with E-state index in [2.05, 4.69) is 40.8 Å². The van der Waals surface area contributed by atoms with Gasteiger partial charge in [0.25, 0.3) is 0 Å². The van der Waals surface area contributed by atoms with Gasteiger partial charge in [0.05, 0.1) is 3.92 Å². The van der Waals surface area contributed by atoms with Crippen LogP contribution in [0.25, 0.3) is 0 Å². The summed E-state index contributed by atoms with van der Waals surface area (Å²) < 4.78 is 27.9. The molecule has 3 aliphatic carbocycles. The molecule has 2 bridgehead atoms. The first-order valence-electron chi connectivity index (χ1n) is 6.87. The van der Waals surface area contributed by atoms with Gasteiger partial charge in [-0.2, -0.15) is 0 Å². The molecule has 0 N–H and O–H groups in total. The Kier molecular flexibility index (Phi) is 2.88. The van der Waals surface area contributed by atoms with Gasteiger partial charge in [0, 0.05) is 0 Å². The van der Waals surface area contributed by atoms with Crippen LogP contribution in [0, 0.1) is 11.6 Å². The summed E-state index contributed by atoms with van der Waals surface area (Å²) in [5.74, 6) is -0.669. The van der Waals surface area contributed by atoms with Crippen molar-refractivity contribution in [1.29, 1.82) is 0 Å². The van der Waals surface area contributed by atoms with E-state index in [1.807, 2.05) is 6.07 Å². The summed E-state index contributed by atoms with van der Waals surface area (Å²) in [6.45, 7) is 0. The molecular weight excluding hydrogens is 369 g/mol. The van der Waals surface area contributed by atoms with Gasteiger partial charge < -0.3 is 0 Å². The van der Waals surface area contributed by atoms with Crippen LogP contribution >= 0.6 is 22.6 Å². The van der Waals surface area contributed by atoms with Crippen LogP contribution < -0.4 is 0 Å². The zero-order valence-electron chi connectivity index (χ0n) is 10.7. The molecule has 2 aromatic carbocycles. The summed E-state index contributed by atoms with van der Waals surface area (Å²) in [5, 5.41) is 0. The maximum atomic E-state index is 14.2. The maximum Gasteiger partial charge on any atom is 0.162 e. The fourth-order valence-corrected chi connectivity index (χ4v) is 4.72. The van der Waals surface area contributed by atoms with Gasteiger partial charge in [0.2, 0.25) is 0 Å². The molecule has 5 rings (SSSR count). The highest BCUT2D eigenvalue weighted by Crippen LogP contribution is 2.55. The molecule has 0 aliphatic heterocycles. The lowest BCUT2D eigenvalue weighted by molar-refractivity contribution is 0.330. The van der Waals surface area contributed by atoms with Crippen LogP contribution in [0.5, 0.6) is 0 Å². The highest BCUT2D eigenvalue weighted by atomic mass is 127. The van der Waals surface area contributed by atoms with Crippen LogP contribution in [0.2, 0.25) is 0 Å². The van der Waals surface area contributed by atoms with Crippen molar-refractivity contribution in [3.63, 3.8) is 0 Å². The number of halogens is 3. The summed E-state index contributed by atoms with van der Waals surface area (Å²) in [6, 6.07) is 11.4. The lowest BCUT2D eigenvalue weighted by Gasteiger charge is -2.41. The Labute approximate surface area is 130 Å². The van der Waals surface area contributed by atoms with Crippen molar-refractivity contribution >= 4 is 22.6 Å². The topological polar surface area (TPSA) is 0 Å². The van der Waals surface area contributed by atoms with E-state index < -0.39 is 11.6 Å². The number of hydrogen-bond donors (Lipinski definition) is 0. The van der Waals surface area contributed by atoms with E-state index in [1.165, 1.54) is 17.2 Å². The zero-order valence-corrected chi connectivity index (χ0v) is 12.9. The van der Waals surface area contributed by atoms with Gasteiger partial charge in [0.1, 0.15) is 0 Å². The van der Waals surface area contributed by atoms with E-state index in [-0.39, 0.29) is 9.84 Å². The Morgan fingerprint density at radius 3 is 2.30 bits per heavy atom. The smallest absolute Gasteiger partial charge is 0.162 e. The summed E-state index contributed by atoms with van der Waals surface area (Å²) in [5.41, 5.74) is 4.21. The van der Waals surface area contributed by atoms with Crippen LogP contribution in [-0.2, 0) is 0 Å². The molecule has 1 atom stereocenters. The minimum Gasteiger partial charge on any atom is -0.204 e. The van der Waals surface area contributed by atoms with E-state index in [4.69, 9.17) is 0 Å². The van der Waals surface area contributed by atoms with Crippen LogP contribution in [0.1, 0.15) is 50.9 Å². The third-order valence-electron chi connectivity index (χ3n) is 4.69. The molecule has 1 fully saturated rings. The molecule has 0 aromatic heterocycles. The number of alkyl halides is 1. The van der Waals surface area contributed by atoms with Gasteiger partial charge in [-0.25, -0.2) is 8.78 Å². The molecule has 0 saturated heterocycles. The first-order valence-corrected chi connectivity index (χ1v) is 8.12. The van der Waals surface area contributed by atoms with Gasteiger partial charge in [-0.1, -0.05) is 52.9 Å². The third kappa shape index (κ3) is 1.68. The molecule has 0 heterocycles. The highest BCUT2D eigenvalue weighted by molar-refractivity contribution is 14.1. The molecular formula is C17H13F2I. The number of rotatable bonds is 0. The second kappa shape index (κ2) is 4.52. The Morgan fingerprint density at radius 2 is 1.55 bits per heavy atom. The van der Waals surface area contributed by atoms with Crippen molar-refractivity contribution in [2.45, 2.75) is 28.6 Å². The Bertz CT molecular complexity index is 689. The molecule has 0 amide bonds. The Hall–Kier alpha value is -0.970. The minimum atomic E-state index is -0.718. The average Bonchev–Trinajstić information content (AvgIpc) is 2.40. The SMILES string of the molecule is Fc1ccc2c(c1F)C1CC(C1)c1ccccc1C2I.